The molecule has 9 heteroatoms. The van der Waals surface area contributed by atoms with Crippen LogP contribution >= 0.6 is 11.8 Å². The minimum Gasteiger partial charge on any atom is -0.494 e. The Morgan fingerprint density at radius 1 is 1.08 bits per heavy atom. The number of sulfone groups is 1. The third-order valence-corrected chi connectivity index (χ3v) is 9.68. The van der Waals surface area contributed by atoms with Gasteiger partial charge in [0, 0.05) is 42.7 Å². The maximum Gasteiger partial charge on any atom is 0.210 e. The molecule has 0 unspecified atom stereocenters. The molecule has 0 bridgehead atoms. The normalized spacial score (nSPS) is 17.5. The van der Waals surface area contributed by atoms with Crippen LogP contribution in [0.25, 0.3) is 10.9 Å². The average molecular weight is 542 g/mol. The lowest BCUT2D eigenvalue weighted by molar-refractivity contribution is -0.0625. The number of hydrogen-bond acceptors (Lipinski definition) is 8. The van der Waals surface area contributed by atoms with E-state index >= 15 is 0 Å². The standard InChI is InChI=1S/C28H35N3O4S2/c1-3-4-16-35-22-6-9-24(10-7-22)37(32,33)27-18-29-26-11-8-23(36-2)17-25(26)28(27)31-13-5-12-30(14-15-31)21-19-34-20-21/h6-11,17-18,21H,3-5,12-16,19-20H2,1-2H3. The van der Waals surface area contributed by atoms with Gasteiger partial charge in [0.15, 0.2) is 0 Å². The first-order valence-electron chi connectivity index (χ1n) is 13.0. The van der Waals surface area contributed by atoms with Crippen LogP contribution in [0.3, 0.4) is 0 Å². The van der Waals surface area contributed by atoms with E-state index in [0.717, 1.165) is 80.1 Å². The van der Waals surface area contributed by atoms with Gasteiger partial charge >= 0.3 is 0 Å². The van der Waals surface area contributed by atoms with E-state index in [1.165, 1.54) is 0 Å². The van der Waals surface area contributed by atoms with Crippen LogP contribution < -0.4 is 9.64 Å². The van der Waals surface area contributed by atoms with Crippen LogP contribution in [0.5, 0.6) is 5.75 Å². The second-order valence-corrected chi connectivity index (χ2v) is 12.4. The molecule has 0 aliphatic carbocycles. The van der Waals surface area contributed by atoms with Gasteiger partial charge in [0.2, 0.25) is 9.84 Å². The van der Waals surface area contributed by atoms with E-state index in [2.05, 4.69) is 27.8 Å². The summed E-state index contributed by atoms with van der Waals surface area (Å²) in [6.45, 7) is 7.72. The number of hydrogen-bond donors (Lipinski definition) is 0. The molecule has 0 N–H and O–H groups in total. The van der Waals surface area contributed by atoms with Gasteiger partial charge < -0.3 is 14.4 Å². The molecule has 2 fully saturated rings. The molecule has 2 aliphatic heterocycles. The van der Waals surface area contributed by atoms with Gasteiger partial charge in [0.1, 0.15) is 10.6 Å². The van der Waals surface area contributed by atoms with Crippen molar-refractivity contribution in [1.29, 1.82) is 0 Å². The summed E-state index contributed by atoms with van der Waals surface area (Å²) in [5.74, 6) is 0.682. The van der Waals surface area contributed by atoms with Crippen molar-refractivity contribution in [2.75, 3.05) is 57.2 Å². The molecular formula is C28H35N3O4S2. The summed E-state index contributed by atoms with van der Waals surface area (Å²) in [6.07, 6.45) is 6.55. The summed E-state index contributed by atoms with van der Waals surface area (Å²) in [4.78, 5) is 10.9. The summed E-state index contributed by atoms with van der Waals surface area (Å²) in [5, 5.41) is 0.882. The molecule has 5 rings (SSSR count). The Bertz CT molecular complexity index is 1330. The van der Waals surface area contributed by atoms with Gasteiger partial charge in [-0.15, -0.1) is 11.8 Å². The van der Waals surface area contributed by atoms with E-state index in [1.54, 1.807) is 42.2 Å². The van der Waals surface area contributed by atoms with Crippen LogP contribution in [0.15, 0.2) is 63.3 Å². The monoisotopic (exact) mass is 541 g/mol. The van der Waals surface area contributed by atoms with Gasteiger partial charge in [0.05, 0.1) is 42.0 Å². The molecule has 0 saturated carbocycles. The fraction of sp³-hybridized carbons (Fsp3) is 0.464. The van der Waals surface area contributed by atoms with Crippen molar-refractivity contribution in [3.05, 3.63) is 48.7 Å². The van der Waals surface area contributed by atoms with Crippen molar-refractivity contribution in [2.45, 2.75) is 46.9 Å². The predicted octanol–water partition coefficient (Wildman–Crippen LogP) is 4.88. The lowest BCUT2D eigenvalue weighted by atomic mass is 10.1. The molecule has 3 aromatic rings. The van der Waals surface area contributed by atoms with E-state index in [1.807, 2.05) is 18.4 Å². The van der Waals surface area contributed by atoms with Gasteiger partial charge in [-0.05, 0) is 61.6 Å². The van der Waals surface area contributed by atoms with Crippen molar-refractivity contribution < 1.29 is 17.9 Å². The third-order valence-electron chi connectivity index (χ3n) is 7.19. The van der Waals surface area contributed by atoms with Gasteiger partial charge in [-0.25, -0.2) is 8.42 Å². The first-order chi connectivity index (χ1) is 18.0. The van der Waals surface area contributed by atoms with Gasteiger partial charge in [-0.2, -0.15) is 0 Å². The van der Waals surface area contributed by atoms with E-state index in [9.17, 15) is 8.42 Å². The zero-order valence-electron chi connectivity index (χ0n) is 21.6. The largest absolute Gasteiger partial charge is 0.494 e. The first kappa shape index (κ1) is 26.3. The minimum atomic E-state index is -3.81. The van der Waals surface area contributed by atoms with Gasteiger partial charge in [0.25, 0.3) is 0 Å². The SMILES string of the molecule is CCCCOc1ccc(S(=O)(=O)c2cnc3ccc(SC)cc3c2N2CCCN(C3COC3)CC2)cc1. The van der Waals surface area contributed by atoms with E-state index in [0.29, 0.717) is 18.4 Å². The molecule has 198 valence electrons. The minimum absolute atomic E-state index is 0.252. The van der Waals surface area contributed by atoms with Crippen molar-refractivity contribution in [3.8, 4) is 5.75 Å². The zero-order chi connectivity index (χ0) is 25.8. The van der Waals surface area contributed by atoms with Crippen molar-refractivity contribution >= 4 is 38.2 Å². The number of nitrogens with zero attached hydrogens (tertiary/aromatic N) is 3. The summed E-state index contributed by atoms with van der Waals surface area (Å²) < 4.78 is 39.2. The van der Waals surface area contributed by atoms with Crippen LogP contribution in [0, 0.1) is 0 Å². The molecule has 0 amide bonds. The zero-order valence-corrected chi connectivity index (χ0v) is 23.2. The highest BCUT2D eigenvalue weighted by Crippen LogP contribution is 2.38. The molecular weight excluding hydrogens is 506 g/mol. The molecule has 2 saturated heterocycles. The molecule has 2 aromatic carbocycles. The third kappa shape index (κ3) is 5.60. The molecule has 37 heavy (non-hydrogen) atoms. The Labute approximate surface area is 224 Å². The Kier molecular flexibility index (Phi) is 8.24. The average Bonchev–Trinajstić information content (AvgIpc) is 3.13. The lowest BCUT2D eigenvalue weighted by Crippen LogP contribution is -2.50. The Hall–Kier alpha value is -2.33. The first-order valence-corrected chi connectivity index (χ1v) is 15.7. The number of benzene rings is 2. The van der Waals surface area contributed by atoms with Crippen molar-refractivity contribution in [2.24, 2.45) is 0 Å². The smallest absolute Gasteiger partial charge is 0.210 e. The topological polar surface area (TPSA) is 72.0 Å². The number of pyridine rings is 1. The predicted molar refractivity (Wildman–Crippen MR) is 149 cm³/mol. The summed E-state index contributed by atoms with van der Waals surface area (Å²) >= 11 is 1.65. The number of anilines is 1. The molecule has 2 aliphatic rings. The number of rotatable bonds is 9. The molecule has 7 nitrogen and oxygen atoms in total. The van der Waals surface area contributed by atoms with Crippen LogP contribution in [-0.2, 0) is 14.6 Å². The highest BCUT2D eigenvalue weighted by Gasteiger charge is 2.31. The van der Waals surface area contributed by atoms with Crippen LogP contribution in [0.2, 0.25) is 0 Å². The fourth-order valence-corrected chi connectivity index (χ4v) is 6.80. The highest BCUT2D eigenvalue weighted by molar-refractivity contribution is 7.98. The Morgan fingerprint density at radius 3 is 2.59 bits per heavy atom. The summed E-state index contributed by atoms with van der Waals surface area (Å²) in [7, 11) is -3.81. The van der Waals surface area contributed by atoms with E-state index < -0.39 is 9.84 Å². The van der Waals surface area contributed by atoms with E-state index in [4.69, 9.17) is 9.47 Å². The molecule has 1 aromatic heterocycles. The number of thioether (sulfide) groups is 1. The van der Waals surface area contributed by atoms with Gasteiger partial charge in [-0.1, -0.05) is 13.3 Å². The van der Waals surface area contributed by atoms with Crippen molar-refractivity contribution in [3.63, 3.8) is 0 Å². The maximum atomic E-state index is 14.0. The van der Waals surface area contributed by atoms with Crippen LogP contribution in [0.4, 0.5) is 5.69 Å². The fourth-order valence-electron chi connectivity index (χ4n) is 4.93. The molecule has 0 spiro atoms. The summed E-state index contributed by atoms with van der Waals surface area (Å²) in [5.41, 5.74) is 1.57. The quantitative estimate of drug-likeness (QED) is 0.280. The summed E-state index contributed by atoms with van der Waals surface area (Å²) in [6, 6.07) is 13.3. The highest BCUT2D eigenvalue weighted by atomic mass is 32.2. The number of ether oxygens (including phenoxy) is 2. The maximum absolute atomic E-state index is 14.0. The Morgan fingerprint density at radius 2 is 1.89 bits per heavy atom. The van der Waals surface area contributed by atoms with Crippen LogP contribution in [-0.4, -0.2) is 76.6 Å². The van der Waals surface area contributed by atoms with E-state index in [-0.39, 0.29) is 9.79 Å². The number of fused-ring (bicyclic) bond motifs is 1. The second-order valence-electron chi connectivity index (χ2n) is 9.60. The molecule has 0 radical (unpaired) electrons. The lowest BCUT2D eigenvalue weighted by Gasteiger charge is -2.36. The number of unbranched alkanes of at least 4 members (excludes halogenated alkanes) is 1. The van der Waals surface area contributed by atoms with Crippen molar-refractivity contribution in [1.82, 2.24) is 9.88 Å². The Balaban J connectivity index is 1.54. The second kappa shape index (κ2) is 11.6. The van der Waals surface area contributed by atoms with Gasteiger partial charge in [-0.3, -0.25) is 9.88 Å². The van der Waals surface area contributed by atoms with Crippen LogP contribution in [0.1, 0.15) is 26.2 Å². The molecule has 0 atom stereocenters. The number of aromatic nitrogens is 1. The molecule has 3 heterocycles.